The van der Waals surface area contributed by atoms with Crippen LogP contribution in [0.4, 0.5) is 4.39 Å². The van der Waals surface area contributed by atoms with E-state index >= 15 is 0 Å². The lowest BCUT2D eigenvalue weighted by molar-refractivity contribution is -0.120. The van der Waals surface area contributed by atoms with Gasteiger partial charge in [-0.05, 0) is 47.7 Å². The highest BCUT2D eigenvalue weighted by atomic mass is 19.1. The van der Waals surface area contributed by atoms with E-state index in [4.69, 9.17) is 4.74 Å². The van der Waals surface area contributed by atoms with Crippen molar-refractivity contribution in [3.8, 4) is 5.75 Å². The van der Waals surface area contributed by atoms with Crippen LogP contribution >= 0.6 is 0 Å². The van der Waals surface area contributed by atoms with Gasteiger partial charge in [-0.3, -0.25) is 4.79 Å². The molecule has 0 heterocycles. The molecule has 1 N–H and O–H groups in total. The van der Waals surface area contributed by atoms with Gasteiger partial charge in [0.1, 0.15) is 11.6 Å². The first-order chi connectivity index (χ1) is 11.5. The van der Waals surface area contributed by atoms with E-state index in [1.54, 1.807) is 12.1 Å². The van der Waals surface area contributed by atoms with E-state index in [1.165, 1.54) is 12.1 Å². The third kappa shape index (κ3) is 6.41. The highest BCUT2D eigenvalue weighted by Crippen LogP contribution is 2.13. The average Bonchev–Trinajstić information content (AvgIpc) is 2.56. The van der Waals surface area contributed by atoms with Crippen molar-refractivity contribution < 1.29 is 13.9 Å². The van der Waals surface area contributed by atoms with Crippen LogP contribution in [-0.4, -0.2) is 19.1 Å². The van der Waals surface area contributed by atoms with E-state index in [1.807, 2.05) is 24.3 Å². The first kappa shape index (κ1) is 18.0. The summed E-state index contributed by atoms with van der Waals surface area (Å²) in [5.74, 6) is 1.04. The van der Waals surface area contributed by atoms with Crippen LogP contribution in [0.25, 0.3) is 0 Å². The molecule has 0 saturated heterocycles. The maximum absolute atomic E-state index is 12.8. The molecule has 3 nitrogen and oxygen atoms in total. The molecule has 0 fully saturated rings. The molecule has 2 rings (SSSR count). The number of hydrogen-bond donors (Lipinski definition) is 1. The molecule has 128 valence electrons. The summed E-state index contributed by atoms with van der Waals surface area (Å²) in [6.07, 6.45) is 1.03. The van der Waals surface area contributed by atoms with Gasteiger partial charge < -0.3 is 10.1 Å². The molecule has 2 aromatic rings. The SMILES string of the molecule is CC(C)COc1ccc(CC(=O)NCCc2ccc(F)cc2)cc1. The van der Waals surface area contributed by atoms with Crippen LogP contribution in [0, 0.1) is 11.7 Å². The predicted octanol–water partition coefficient (Wildman–Crippen LogP) is 3.76. The summed E-state index contributed by atoms with van der Waals surface area (Å²) in [5.41, 5.74) is 1.95. The van der Waals surface area contributed by atoms with Gasteiger partial charge >= 0.3 is 0 Å². The lowest BCUT2D eigenvalue weighted by Gasteiger charge is -2.09. The summed E-state index contributed by atoms with van der Waals surface area (Å²) in [5, 5.41) is 2.89. The summed E-state index contributed by atoms with van der Waals surface area (Å²) in [7, 11) is 0. The van der Waals surface area contributed by atoms with Gasteiger partial charge in [0.25, 0.3) is 0 Å². The summed E-state index contributed by atoms with van der Waals surface area (Å²) < 4.78 is 18.4. The molecule has 2 aromatic carbocycles. The van der Waals surface area contributed by atoms with Crippen molar-refractivity contribution in [3.63, 3.8) is 0 Å². The lowest BCUT2D eigenvalue weighted by atomic mass is 10.1. The minimum atomic E-state index is -0.247. The Morgan fingerprint density at radius 3 is 2.29 bits per heavy atom. The Balaban J connectivity index is 1.72. The second kappa shape index (κ2) is 9.06. The van der Waals surface area contributed by atoms with Crippen molar-refractivity contribution in [3.05, 3.63) is 65.5 Å². The van der Waals surface area contributed by atoms with Gasteiger partial charge in [-0.2, -0.15) is 0 Å². The molecule has 0 unspecified atom stereocenters. The van der Waals surface area contributed by atoms with Crippen LogP contribution in [0.1, 0.15) is 25.0 Å². The smallest absolute Gasteiger partial charge is 0.224 e. The van der Waals surface area contributed by atoms with Crippen LogP contribution in [0.2, 0.25) is 0 Å². The van der Waals surface area contributed by atoms with Crippen molar-refractivity contribution >= 4 is 5.91 Å². The maximum Gasteiger partial charge on any atom is 0.224 e. The zero-order valence-electron chi connectivity index (χ0n) is 14.2. The molecule has 1 amide bonds. The fraction of sp³-hybridized carbons (Fsp3) is 0.350. The summed E-state index contributed by atoms with van der Waals surface area (Å²) in [6, 6.07) is 13.9. The molecule has 4 heteroatoms. The molecule has 0 saturated carbocycles. The molecule has 0 atom stereocenters. The normalized spacial score (nSPS) is 10.7. The van der Waals surface area contributed by atoms with Crippen molar-refractivity contribution in [1.82, 2.24) is 5.32 Å². The first-order valence-corrected chi connectivity index (χ1v) is 8.26. The molecule has 0 aromatic heterocycles. The zero-order chi connectivity index (χ0) is 17.4. The number of hydrogen-bond acceptors (Lipinski definition) is 2. The molecule has 0 bridgehead atoms. The monoisotopic (exact) mass is 329 g/mol. The molecule has 0 radical (unpaired) electrons. The Hall–Kier alpha value is -2.36. The predicted molar refractivity (Wildman–Crippen MR) is 93.6 cm³/mol. The minimum Gasteiger partial charge on any atom is -0.493 e. The average molecular weight is 329 g/mol. The van der Waals surface area contributed by atoms with E-state index in [0.29, 0.717) is 31.9 Å². The van der Waals surface area contributed by atoms with Gasteiger partial charge in [0.15, 0.2) is 0 Å². The molecular formula is C20H24FNO2. The minimum absolute atomic E-state index is 0.0204. The van der Waals surface area contributed by atoms with E-state index < -0.39 is 0 Å². The second-order valence-corrected chi connectivity index (χ2v) is 6.25. The highest BCUT2D eigenvalue weighted by molar-refractivity contribution is 5.78. The Labute approximate surface area is 142 Å². The van der Waals surface area contributed by atoms with Crippen molar-refractivity contribution in [2.24, 2.45) is 5.92 Å². The van der Waals surface area contributed by atoms with E-state index in [2.05, 4.69) is 19.2 Å². The molecule has 0 aliphatic rings. The Morgan fingerprint density at radius 2 is 1.67 bits per heavy atom. The van der Waals surface area contributed by atoms with E-state index in [0.717, 1.165) is 16.9 Å². The number of benzene rings is 2. The lowest BCUT2D eigenvalue weighted by Crippen LogP contribution is -2.27. The number of halogens is 1. The highest BCUT2D eigenvalue weighted by Gasteiger charge is 2.04. The summed E-state index contributed by atoms with van der Waals surface area (Å²) in [6.45, 7) is 5.43. The van der Waals surface area contributed by atoms with Crippen LogP contribution in [0.15, 0.2) is 48.5 Å². The van der Waals surface area contributed by atoms with Crippen molar-refractivity contribution in [2.75, 3.05) is 13.2 Å². The third-order valence-electron chi connectivity index (χ3n) is 3.52. The third-order valence-corrected chi connectivity index (χ3v) is 3.52. The van der Waals surface area contributed by atoms with E-state index in [-0.39, 0.29) is 11.7 Å². The zero-order valence-corrected chi connectivity index (χ0v) is 14.2. The van der Waals surface area contributed by atoms with Gasteiger partial charge in [0.05, 0.1) is 13.0 Å². The van der Waals surface area contributed by atoms with Crippen molar-refractivity contribution in [1.29, 1.82) is 0 Å². The van der Waals surface area contributed by atoms with Crippen LogP contribution < -0.4 is 10.1 Å². The number of rotatable bonds is 8. The van der Waals surface area contributed by atoms with Crippen LogP contribution in [0.3, 0.4) is 0 Å². The largest absolute Gasteiger partial charge is 0.493 e. The fourth-order valence-corrected chi connectivity index (χ4v) is 2.21. The fourth-order valence-electron chi connectivity index (χ4n) is 2.21. The number of carbonyl (C=O) groups is 1. The van der Waals surface area contributed by atoms with Gasteiger partial charge in [-0.15, -0.1) is 0 Å². The molecular weight excluding hydrogens is 305 g/mol. The standard InChI is InChI=1S/C20H24FNO2/c1-15(2)14-24-19-9-5-17(6-10-19)13-20(23)22-12-11-16-3-7-18(21)8-4-16/h3-10,15H,11-14H2,1-2H3,(H,22,23). The molecule has 24 heavy (non-hydrogen) atoms. The number of nitrogens with one attached hydrogen (secondary N) is 1. The van der Waals surface area contributed by atoms with Gasteiger partial charge in [-0.25, -0.2) is 4.39 Å². The summed E-state index contributed by atoms with van der Waals surface area (Å²) in [4.78, 5) is 12.0. The second-order valence-electron chi connectivity index (χ2n) is 6.25. The quantitative estimate of drug-likeness (QED) is 0.801. The van der Waals surface area contributed by atoms with Gasteiger partial charge in [0, 0.05) is 6.54 Å². The molecule has 0 spiro atoms. The van der Waals surface area contributed by atoms with Gasteiger partial charge in [0.2, 0.25) is 5.91 Å². The Kier molecular flexibility index (Phi) is 6.79. The Bertz CT molecular complexity index is 636. The number of carbonyl (C=O) groups excluding carboxylic acids is 1. The number of amides is 1. The van der Waals surface area contributed by atoms with Crippen LogP contribution in [-0.2, 0) is 17.6 Å². The Morgan fingerprint density at radius 1 is 1.04 bits per heavy atom. The molecule has 0 aliphatic carbocycles. The summed E-state index contributed by atoms with van der Waals surface area (Å²) >= 11 is 0. The van der Waals surface area contributed by atoms with E-state index in [9.17, 15) is 9.18 Å². The molecule has 0 aliphatic heterocycles. The first-order valence-electron chi connectivity index (χ1n) is 8.26. The van der Waals surface area contributed by atoms with Crippen LogP contribution in [0.5, 0.6) is 5.75 Å². The number of ether oxygens (including phenoxy) is 1. The van der Waals surface area contributed by atoms with Gasteiger partial charge in [-0.1, -0.05) is 38.1 Å². The van der Waals surface area contributed by atoms with Crippen molar-refractivity contribution in [2.45, 2.75) is 26.7 Å². The maximum atomic E-state index is 12.8. The topological polar surface area (TPSA) is 38.3 Å².